The van der Waals surface area contributed by atoms with Gasteiger partial charge in [-0.1, -0.05) is 19.1 Å². The number of benzene rings is 1. The first-order chi connectivity index (χ1) is 9.97. The minimum Gasteiger partial charge on any atom is -0.481 e. The van der Waals surface area contributed by atoms with Crippen molar-refractivity contribution < 1.29 is 14.3 Å². The standard InChI is InChI=1S/C16H18FNO2S/c1-11(16(19)20)9-18(2)10-12-5-6-14(17)13(8-12)15-4-3-7-21-15/h3-8,11H,9-10H2,1-2H3,(H,19,20). The molecule has 1 N–H and O–H groups in total. The number of aliphatic carboxylic acids is 1. The molecule has 1 heterocycles. The molecule has 0 fully saturated rings. The van der Waals surface area contributed by atoms with Gasteiger partial charge in [0.05, 0.1) is 5.92 Å². The van der Waals surface area contributed by atoms with Gasteiger partial charge in [-0.3, -0.25) is 4.79 Å². The monoisotopic (exact) mass is 307 g/mol. The first kappa shape index (κ1) is 15.7. The van der Waals surface area contributed by atoms with Gasteiger partial charge in [0.25, 0.3) is 0 Å². The Morgan fingerprint density at radius 1 is 1.43 bits per heavy atom. The van der Waals surface area contributed by atoms with Gasteiger partial charge >= 0.3 is 5.97 Å². The Balaban J connectivity index is 2.11. The van der Waals surface area contributed by atoms with E-state index in [2.05, 4.69) is 0 Å². The van der Waals surface area contributed by atoms with Gasteiger partial charge in [0.15, 0.2) is 0 Å². The fourth-order valence-corrected chi connectivity index (χ4v) is 2.96. The van der Waals surface area contributed by atoms with Gasteiger partial charge in [-0.05, 0) is 36.2 Å². The number of rotatable bonds is 6. The molecule has 1 aromatic heterocycles. The zero-order valence-corrected chi connectivity index (χ0v) is 12.9. The Morgan fingerprint density at radius 3 is 2.81 bits per heavy atom. The Morgan fingerprint density at radius 2 is 2.19 bits per heavy atom. The molecule has 1 unspecified atom stereocenters. The molecule has 3 nitrogen and oxygen atoms in total. The molecule has 5 heteroatoms. The highest BCUT2D eigenvalue weighted by Crippen LogP contribution is 2.28. The average molecular weight is 307 g/mol. The van der Waals surface area contributed by atoms with Gasteiger partial charge in [-0.2, -0.15) is 0 Å². The van der Waals surface area contributed by atoms with E-state index in [-0.39, 0.29) is 5.82 Å². The molecule has 2 aromatic rings. The van der Waals surface area contributed by atoms with Crippen molar-refractivity contribution in [3.8, 4) is 10.4 Å². The van der Waals surface area contributed by atoms with Crippen LogP contribution in [0.5, 0.6) is 0 Å². The SMILES string of the molecule is CC(CN(C)Cc1ccc(F)c(-c2cccs2)c1)C(=O)O. The molecule has 1 aromatic carbocycles. The third-order valence-electron chi connectivity index (χ3n) is 3.28. The van der Waals surface area contributed by atoms with Crippen LogP contribution in [0.2, 0.25) is 0 Å². The molecular weight excluding hydrogens is 289 g/mol. The lowest BCUT2D eigenvalue weighted by Crippen LogP contribution is -2.28. The van der Waals surface area contributed by atoms with Gasteiger partial charge in [-0.25, -0.2) is 4.39 Å². The summed E-state index contributed by atoms with van der Waals surface area (Å²) in [6, 6.07) is 8.84. The maximum Gasteiger partial charge on any atom is 0.307 e. The van der Waals surface area contributed by atoms with E-state index in [9.17, 15) is 9.18 Å². The van der Waals surface area contributed by atoms with Crippen molar-refractivity contribution >= 4 is 17.3 Å². The first-order valence-electron chi connectivity index (χ1n) is 6.71. The van der Waals surface area contributed by atoms with Crippen LogP contribution in [0.25, 0.3) is 10.4 Å². The van der Waals surface area contributed by atoms with Crippen molar-refractivity contribution in [1.82, 2.24) is 4.90 Å². The van der Waals surface area contributed by atoms with Crippen LogP contribution in [0.3, 0.4) is 0 Å². The molecule has 0 amide bonds. The van der Waals surface area contributed by atoms with Crippen LogP contribution < -0.4 is 0 Å². The molecule has 0 spiro atoms. The second kappa shape index (κ2) is 6.83. The van der Waals surface area contributed by atoms with Crippen LogP contribution in [0, 0.1) is 11.7 Å². The fraction of sp³-hybridized carbons (Fsp3) is 0.312. The highest BCUT2D eigenvalue weighted by atomic mass is 32.1. The van der Waals surface area contributed by atoms with Crippen LogP contribution in [-0.4, -0.2) is 29.6 Å². The number of thiophene rings is 1. The maximum atomic E-state index is 13.9. The lowest BCUT2D eigenvalue weighted by Gasteiger charge is -2.19. The highest BCUT2D eigenvalue weighted by Gasteiger charge is 2.14. The van der Waals surface area contributed by atoms with Gasteiger partial charge in [0.1, 0.15) is 5.82 Å². The number of hydrogen-bond acceptors (Lipinski definition) is 3. The van der Waals surface area contributed by atoms with E-state index in [0.29, 0.717) is 18.7 Å². The summed E-state index contributed by atoms with van der Waals surface area (Å²) >= 11 is 1.50. The number of carboxylic acid groups (broad SMARTS) is 1. The minimum atomic E-state index is -0.805. The van der Waals surface area contributed by atoms with E-state index in [4.69, 9.17) is 5.11 Å². The smallest absolute Gasteiger partial charge is 0.307 e. The van der Waals surface area contributed by atoms with Crippen molar-refractivity contribution in [1.29, 1.82) is 0 Å². The van der Waals surface area contributed by atoms with E-state index in [1.165, 1.54) is 17.4 Å². The number of nitrogens with zero attached hydrogens (tertiary/aromatic N) is 1. The molecule has 0 saturated heterocycles. The number of carbonyl (C=O) groups is 1. The summed E-state index contributed by atoms with van der Waals surface area (Å²) in [5.74, 6) is -1.46. The van der Waals surface area contributed by atoms with Crippen LogP contribution in [0.15, 0.2) is 35.7 Å². The number of carboxylic acids is 1. The summed E-state index contributed by atoms with van der Waals surface area (Å²) in [7, 11) is 1.87. The Kier molecular flexibility index (Phi) is 5.09. The largest absolute Gasteiger partial charge is 0.481 e. The summed E-state index contributed by atoms with van der Waals surface area (Å²) < 4.78 is 13.9. The van der Waals surface area contributed by atoms with Crippen LogP contribution in [0.4, 0.5) is 4.39 Å². The molecule has 112 valence electrons. The molecule has 0 aliphatic carbocycles. The summed E-state index contributed by atoms with van der Waals surface area (Å²) in [4.78, 5) is 13.7. The van der Waals surface area contributed by atoms with E-state index in [1.54, 1.807) is 13.0 Å². The van der Waals surface area contributed by atoms with Crippen molar-refractivity contribution in [3.63, 3.8) is 0 Å². The van der Waals surface area contributed by atoms with E-state index in [1.807, 2.05) is 35.5 Å². The number of halogens is 1. The van der Waals surface area contributed by atoms with Crippen LogP contribution >= 0.6 is 11.3 Å². The zero-order chi connectivity index (χ0) is 15.4. The molecule has 0 radical (unpaired) electrons. The van der Waals surface area contributed by atoms with Gasteiger partial charge in [0.2, 0.25) is 0 Å². The predicted octanol–water partition coefficient (Wildman–Crippen LogP) is 3.71. The van der Waals surface area contributed by atoms with E-state index < -0.39 is 11.9 Å². The molecule has 0 saturated carbocycles. The minimum absolute atomic E-state index is 0.234. The van der Waals surface area contributed by atoms with Crippen molar-refractivity contribution in [3.05, 3.63) is 47.1 Å². The molecule has 1 atom stereocenters. The molecule has 0 aliphatic rings. The molecule has 0 bridgehead atoms. The number of hydrogen-bond donors (Lipinski definition) is 1. The van der Waals surface area contributed by atoms with Crippen LogP contribution in [-0.2, 0) is 11.3 Å². The van der Waals surface area contributed by atoms with Crippen molar-refractivity contribution in [2.24, 2.45) is 5.92 Å². The van der Waals surface area contributed by atoms with Crippen molar-refractivity contribution in [2.75, 3.05) is 13.6 Å². The Labute approximate surface area is 127 Å². The third kappa shape index (κ3) is 4.12. The fourth-order valence-electron chi connectivity index (χ4n) is 2.21. The highest BCUT2D eigenvalue weighted by molar-refractivity contribution is 7.13. The lowest BCUT2D eigenvalue weighted by atomic mass is 10.1. The molecule has 21 heavy (non-hydrogen) atoms. The zero-order valence-electron chi connectivity index (χ0n) is 12.0. The maximum absolute atomic E-state index is 13.9. The van der Waals surface area contributed by atoms with Gasteiger partial charge < -0.3 is 10.0 Å². The Hall–Kier alpha value is -1.72. The summed E-state index contributed by atoms with van der Waals surface area (Å²) in [5, 5.41) is 10.8. The molecule has 0 aliphatic heterocycles. The van der Waals surface area contributed by atoms with Gasteiger partial charge in [0, 0.05) is 23.5 Å². The van der Waals surface area contributed by atoms with Crippen LogP contribution in [0.1, 0.15) is 12.5 Å². The molecular formula is C16H18FNO2S. The van der Waals surface area contributed by atoms with E-state index >= 15 is 0 Å². The summed E-state index contributed by atoms with van der Waals surface area (Å²) in [5.41, 5.74) is 1.57. The quantitative estimate of drug-likeness (QED) is 0.884. The molecule has 2 rings (SSSR count). The summed E-state index contributed by atoms with van der Waals surface area (Å²) in [6.07, 6.45) is 0. The Bertz CT molecular complexity index is 613. The average Bonchev–Trinajstić information content (AvgIpc) is 2.94. The third-order valence-corrected chi connectivity index (χ3v) is 4.18. The lowest BCUT2D eigenvalue weighted by molar-refractivity contribution is -0.141. The first-order valence-corrected chi connectivity index (χ1v) is 7.59. The predicted molar refractivity (Wildman–Crippen MR) is 82.8 cm³/mol. The summed E-state index contributed by atoms with van der Waals surface area (Å²) in [6.45, 7) is 2.73. The normalized spacial score (nSPS) is 12.6. The topological polar surface area (TPSA) is 40.5 Å². The van der Waals surface area contributed by atoms with Gasteiger partial charge in [-0.15, -0.1) is 11.3 Å². The second-order valence-corrected chi connectivity index (χ2v) is 6.18. The van der Waals surface area contributed by atoms with E-state index in [0.717, 1.165) is 10.4 Å². The second-order valence-electron chi connectivity index (χ2n) is 5.23. The van der Waals surface area contributed by atoms with Crippen molar-refractivity contribution in [2.45, 2.75) is 13.5 Å².